The Morgan fingerprint density at radius 1 is 1.43 bits per heavy atom. The van der Waals surface area contributed by atoms with Crippen LogP contribution in [-0.4, -0.2) is 59.0 Å². The molecule has 3 rings (SSSR count). The summed E-state index contributed by atoms with van der Waals surface area (Å²) in [6.45, 7) is 4.85. The van der Waals surface area contributed by atoms with E-state index in [-0.39, 0.29) is 24.7 Å². The molecule has 23 heavy (non-hydrogen) atoms. The third kappa shape index (κ3) is 3.55. The molecular weight excluding hydrogens is 314 g/mol. The molecule has 0 aromatic heterocycles. The molecule has 0 aliphatic carbocycles. The number of carbonyl (C=O) groups excluding carboxylic acids is 1. The second-order valence-corrected chi connectivity index (χ2v) is 7.46. The first-order valence-corrected chi connectivity index (χ1v) is 9.07. The molecule has 2 atom stereocenters. The summed E-state index contributed by atoms with van der Waals surface area (Å²) < 4.78 is 11.6. The fourth-order valence-electron chi connectivity index (χ4n) is 3.04. The van der Waals surface area contributed by atoms with Crippen molar-refractivity contribution in [3.63, 3.8) is 0 Å². The highest BCUT2D eigenvalue weighted by atomic mass is 32.2. The highest BCUT2D eigenvalue weighted by molar-refractivity contribution is 7.99. The third-order valence-corrected chi connectivity index (χ3v) is 5.34. The second kappa shape index (κ2) is 6.81. The largest absolute Gasteiger partial charge is 0.394 e. The minimum Gasteiger partial charge on any atom is -0.394 e. The number of amides is 1. The van der Waals surface area contributed by atoms with Crippen molar-refractivity contribution >= 4 is 17.7 Å². The molecule has 0 saturated carbocycles. The van der Waals surface area contributed by atoms with Crippen LogP contribution in [0, 0.1) is 0 Å². The molecule has 6 heteroatoms. The Morgan fingerprint density at radius 3 is 2.91 bits per heavy atom. The van der Waals surface area contributed by atoms with E-state index >= 15 is 0 Å². The Bertz CT molecular complexity index is 577. The van der Waals surface area contributed by atoms with Crippen molar-refractivity contribution in [2.24, 2.45) is 0 Å². The van der Waals surface area contributed by atoms with Crippen LogP contribution in [0.4, 0.5) is 0 Å². The summed E-state index contributed by atoms with van der Waals surface area (Å²) in [5, 5.41) is 9.55. The van der Waals surface area contributed by atoms with Gasteiger partial charge in [-0.25, -0.2) is 0 Å². The lowest BCUT2D eigenvalue weighted by Gasteiger charge is -2.35. The van der Waals surface area contributed by atoms with E-state index in [9.17, 15) is 9.90 Å². The molecule has 0 spiro atoms. The number of benzene rings is 1. The molecule has 1 aromatic carbocycles. The van der Waals surface area contributed by atoms with Crippen LogP contribution in [0.5, 0.6) is 0 Å². The van der Waals surface area contributed by atoms with Gasteiger partial charge in [-0.05, 0) is 25.5 Å². The van der Waals surface area contributed by atoms with Crippen LogP contribution in [-0.2, 0) is 9.47 Å². The molecule has 1 N–H and O–H groups in total. The zero-order valence-electron chi connectivity index (χ0n) is 13.5. The Hall–Kier alpha value is -1.08. The lowest BCUT2D eigenvalue weighted by Crippen LogP contribution is -2.48. The van der Waals surface area contributed by atoms with Crippen LogP contribution in [0.15, 0.2) is 24.3 Å². The van der Waals surface area contributed by atoms with Gasteiger partial charge in [-0.15, -0.1) is 0 Å². The molecule has 2 saturated heterocycles. The predicted molar refractivity (Wildman–Crippen MR) is 89.5 cm³/mol. The number of hydrogen-bond acceptors (Lipinski definition) is 5. The van der Waals surface area contributed by atoms with E-state index in [4.69, 9.17) is 9.47 Å². The van der Waals surface area contributed by atoms with Gasteiger partial charge in [-0.3, -0.25) is 4.79 Å². The molecule has 1 amide bonds. The van der Waals surface area contributed by atoms with Crippen molar-refractivity contribution in [2.75, 3.05) is 31.3 Å². The van der Waals surface area contributed by atoms with Gasteiger partial charge in [0.1, 0.15) is 6.10 Å². The highest BCUT2D eigenvalue weighted by Gasteiger charge is 2.36. The average Bonchev–Trinajstić information content (AvgIpc) is 2.94. The van der Waals surface area contributed by atoms with Crippen LogP contribution in [0.25, 0.3) is 0 Å². The third-order valence-electron chi connectivity index (χ3n) is 4.25. The summed E-state index contributed by atoms with van der Waals surface area (Å²) in [5.74, 6) is 1.02. The Morgan fingerprint density at radius 2 is 2.22 bits per heavy atom. The van der Waals surface area contributed by atoms with Crippen LogP contribution in [0.2, 0.25) is 0 Å². The van der Waals surface area contributed by atoms with Crippen molar-refractivity contribution in [1.29, 1.82) is 0 Å². The number of ether oxygens (including phenoxy) is 2. The second-order valence-electron chi connectivity index (χ2n) is 6.31. The van der Waals surface area contributed by atoms with Gasteiger partial charge in [0.15, 0.2) is 5.79 Å². The number of aliphatic hydroxyl groups is 1. The molecule has 2 fully saturated rings. The zero-order valence-corrected chi connectivity index (χ0v) is 14.3. The van der Waals surface area contributed by atoms with Crippen LogP contribution >= 0.6 is 11.8 Å². The summed E-state index contributed by atoms with van der Waals surface area (Å²) in [6.07, 6.45) is -0.239. The summed E-state index contributed by atoms with van der Waals surface area (Å²) in [4.78, 5) is 14.8. The number of hydrogen-bond donors (Lipinski definition) is 1. The Kier molecular flexibility index (Phi) is 4.96. The highest BCUT2D eigenvalue weighted by Crippen LogP contribution is 2.35. The lowest BCUT2D eigenvalue weighted by molar-refractivity contribution is -0.139. The smallest absolute Gasteiger partial charge is 0.254 e. The van der Waals surface area contributed by atoms with E-state index in [1.165, 1.54) is 0 Å². The van der Waals surface area contributed by atoms with E-state index in [2.05, 4.69) is 0 Å². The molecule has 1 unspecified atom stereocenters. The van der Waals surface area contributed by atoms with Gasteiger partial charge >= 0.3 is 0 Å². The molecule has 2 heterocycles. The quantitative estimate of drug-likeness (QED) is 0.915. The van der Waals surface area contributed by atoms with Gasteiger partial charge < -0.3 is 19.5 Å². The first-order valence-electron chi connectivity index (χ1n) is 7.92. The monoisotopic (exact) mass is 337 g/mol. The van der Waals surface area contributed by atoms with Crippen LogP contribution in [0.3, 0.4) is 0 Å². The molecule has 0 radical (unpaired) electrons. The van der Waals surface area contributed by atoms with Gasteiger partial charge in [-0.1, -0.05) is 18.2 Å². The summed E-state index contributed by atoms with van der Waals surface area (Å²) >= 11 is 1.77. The topological polar surface area (TPSA) is 59.0 Å². The maximum atomic E-state index is 13.0. The standard InChI is InChI=1S/C17H23NO4S/c1-17(2)21-10-15(22-17)13-5-3-4-6-14(13)16(20)18-7-8-23-11-12(18)9-19/h3-6,12,15,19H,7-11H2,1-2H3/t12-,15?/m1/s1. The number of carbonyl (C=O) groups is 1. The molecule has 2 aliphatic heterocycles. The van der Waals surface area contributed by atoms with Gasteiger partial charge in [0, 0.05) is 23.6 Å². The first kappa shape index (κ1) is 16.8. The number of rotatable bonds is 3. The van der Waals surface area contributed by atoms with Crippen molar-refractivity contribution in [1.82, 2.24) is 4.90 Å². The maximum absolute atomic E-state index is 13.0. The van der Waals surface area contributed by atoms with E-state index in [0.29, 0.717) is 18.7 Å². The number of thioether (sulfide) groups is 1. The van der Waals surface area contributed by atoms with Gasteiger partial charge in [-0.2, -0.15) is 11.8 Å². The SMILES string of the molecule is CC1(C)OCC(c2ccccc2C(=O)N2CCSC[C@H]2CO)O1. The molecular formula is C17H23NO4S. The minimum atomic E-state index is -0.629. The van der Waals surface area contributed by atoms with Crippen LogP contribution in [0.1, 0.15) is 35.9 Å². The van der Waals surface area contributed by atoms with E-state index < -0.39 is 5.79 Å². The number of aliphatic hydroxyl groups excluding tert-OH is 1. The van der Waals surface area contributed by atoms with Crippen molar-refractivity contribution < 1.29 is 19.4 Å². The van der Waals surface area contributed by atoms with E-state index in [1.807, 2.05) is 38.1 Å². The van der Waals surface area contributed by atoms with Gasteiger partial charge in [0.25, 0.3) is 5.91 Å². The molecule has 1 aromatic rings. The molecule has 5 nitrogen and oxygen atoms in total. The van der Waals surface area contributed by atoms with E-state index in [0.717, 1.165) is 17.1 Å². The van der Waals surface area contributed by atoms with E-state index in [1.54, 1.807) is 16.7 Å². The predicted octanol–water partition coefficient (Wildman–Crippen LogP) is 2.06. The fraction of sp³-hybridized carbons (Fsp3) is 0.588. The van der Waals surface area contributed by atoms with Gasteiger partial charge in [0.05, 0.1) is 19.3 Å². The van der Waals surface area contributed by atoms with Crippen LogP contribution < -0.4 is 0 Å². The fourth-order valence-corrected chi connectivity index (χ4v) is 4.09. The first-order chi connectivity index (χ1) is 11.0. The van der Waals surface area contributed by atoms with Crippen molar-refractivity contribution in [3.8, 4) is 0 Å². The average molecular weight is 337 g/mol. The van der Waals surface area contributed by atoms with Crippen molar-refractivity contribution in [3.05, 3.63) is 35.4 Å². The molecule has 126 valence electrons. The maximum Gasteiger partial charge on any atom is 0.254 e. The summed E-state index contributed by atoms with van der Waals surface area (Å²) in [5.41, 5.74) is 1.50. The normalized spacial score (nSPS) is 27.2. The summed E-state index contributed by atoms with van der Waals surface area (Å²) in [7, 11) is 0. The molecule has 2 aliphatic rings. The molecule has 0 bridgehead atoms. The summed E-state index contributed by atoms with van der Waals surface area (Å²) in [6, 6.07) is 7.42. The van der Waals surface area contributed by atoms with Gasteiger partial charge in [0.2, 0.25) is 0 Å². The minimum absolute atomic E-state index is 0.00300. The Labute approximate surface area is 140 Å². The number of nitrogens with zero attached hydrogens (tertiary/aromatic N) is 1. The lowest BCUT2D eigenvalue weighted by atomic mass is 10.0. The van der Waals surface area contributed by atoms with Crippen molar-refractivity contribution in [2.45, 2.75) is 31.8 Å². The Balaban J connectivity index is 1.86. The zero-order chi connectivity index (χ0) is 16.4.